The molecule has 0 saturated heterocycles. The lowest BCUT2D eigenvalue weighted by atomic mass is 10.2. The van der Waals surface area contributed by atoms with Crippen LogP contribution in [0.5, 0.6) is 5.75 Å². The fraction of sp³-hybridized carbons (Fsp3) is 0.235. The van der Waals surface area contributed by atoms with E-state index in [0.717, 1.165) is 5.56 Å². The zero-order valence-corrected chi connectivity index (χ0v) is 15.1. The number of anilines is 1. The maximum Gasteiger partial charge on any atom is 0.344 e. The van der Waals surface area contributed by atoms with Crippen LogP contribution in [0.2, 0.25) is 10.2 Å². The molecule has 1 amide bonds. The third kappa shape index (κ3) is 5.62. The summed E-state index contributed by atoms with van der Waals surface area (Å²) < 4.78 is 10.4. The second-order valence-electron chi connectivity index (χ2n) is 5.19. The van der Waals surface area contributed by atoms with Crippen LogP contribution in [0, 0.1) is 6.92 Å². The number of halogens is 2. The second-order valence-corrected chi connectivity index (χ2v) is 5.95. The molecule has 1 heterocycles. The number of benzene rings is 1. The number of hydrogen-bond acceptors (Lipinski definition) is 5. The van der Waals surface area contributed by atoms with Crippen molar-refractivity contribution in [1.29, 1.82) is 0 Å². The number of carbonyl (C=O) groups is 2. The van der Waals surface area contributed by atoms with Gasteiger partial charge in [0, 0.05) is 6.20 Å². The summed E-state index contributed by atoms with van der Waals surface area (Å²) in [6.07, 6.45) is 0.468. The van der Waals surface area contributed by atoms with E-state index in [1.807, 2.05) is 13.0 Å². The third-order valence-electron chi connectivity index (χ3n) is 3.13. The molecule has 2 aromatic rings. The van der Waals surface area contributed by atoms with Crippen LogP contribution in [0.1, 0.15) is 12.5 Å². The molecule has 1 atom stereocenters. The first-order chi connectivity index (χ1) is 11.9. The zero-order chi connectivity index (χ0) is 18.4. The SMILES string of the molecule is Cc1ccc(Cl)c(OCC(=O)O[C@@H](C)C(=O)Nc2cccnc2Cl)c1. The van der Waals surface area contributed by atoms with E-state index < -0.39 is 18.0 Å². The van der Waals surface area contributed by atoms with Gasteiger partial charge in [0.25, 0.3) is 5.91 Å². The standard InChI is InChI=1S/C17H16Cl2N2O4/c1-10-5-6-12(18)14(8-10)24-9-15(22)25-11(2)17(23)21-13-4-3-7-20-16(13)19/h3-8,11H,9H2,1-2H3,(H,21,23)/t11-/m0/s1. The third-order valence-corrected chi connectivity index (χ3v) is 3.74. The molecule has 0 spiro atoms. The average molecular weight is 383 g/mol. The van der Waals surface area contributed by atoms with Crippen LogP contribution in [-0.2, 0) is 14.3 Å². The molecule has 132 valence electrons. The van der Waals surface area contributed by atoms with Gasteiger partial charge in [-0.2, -0.15) is 0 Å². The first-order valence-corrected chi connectivity index (χ1v) is 8.12. The van der Waals surface area contributed by atoms with Gasteiger partial charge in [0.15, 0.2) is 17.9 Å². The molecule has 1 aromatic carbocycles. The van der Waals surface area contributed by atoms with Gasteiger partial charge < -0.3 is 14.8 Å². The van der Waals surface area contributed by atoms with Crippen molar-refractivity contribution in [2.45, 2.75) is 20.0 Å². The van der Waals surface area contributed by atoms with Gasteiger partial charge >= 0.3 is 5.97 Å². The molecule has 1 aromatic heterocycles. The molecular weight excluding hydrogens is 367 g/mol. The summed E-state index contributed by atoms with van der Waals surface area (Å²) in [5.41, 5.74) is 1.27. The lowest BCUT2D eigenvalue weighted by Gasteiger charge is -2.14. The van der Waals surface area contributed by atoms with Crippen LogP contribution in [-0.4, -0.2) is 29.6 Å². The van der Waals surface area contributed by atoms with E-state index in [1.165, 1.54) is 13.1 Å². The number of esters is 1. The van der Waals surface area contributed by atoms with Gasteiger partial charge in [0.05, 0.1) is 10.7 Å². The van der Waals surface area contributed by atoms with Gasteiger partial charge in [-0.15, -0.1) is 0 Å². The molecule has 0 aliphatic heterocycles. The zero-order valence-electron chi connectivity index (χ0n) is 13.6. The summed E-state index contributed by atoms with van der Waals surface area (Å²) in [6, 6.07) is 8.41. The van der Waals surface area contributed by atoms with Crippen LogP contribution < -0.4 is 10.1 Å². The molecule has 2 rings (SSSR count). The van der Waals surface area contributed by atoms with Gasteiger partial charge in [-0.3, -0.25) is 4.79 Å². The van der Waals surface area contributed by atoms with Crippen LogP contribution in [0.25, 0.3) is 0 Å². The topological polar surface area (TPSA) is 77.5 Å². The van der Waals surface area contributed by atoms with Crippen LogP contribution in [0.3, 0.4) is 0 Å². The minimum Gasteiger partial charge on any atom is -0.480 e. The number of pyridine rings is 1. The Bertz CT molecular complexity index is 783. The van der Waals surface area contributed by atoms with Gasteiger partial charge in [-0.25, -0.2) is 9.78 Å². The lowest BCUT2D eigenvalue weighted by Crippen LogP contribution is -2.31. The maximum atomic E-state index is 12.0. The molecule has 0 bridgehead atoms. The van der Waals surface area contributed by atoms with E-state index in [-0.39, 0.29) is 11.8 Å². The van der Waals surface area contributed by atoms with E-state index >= 15 is 0 Å². The normalized spacial score (nSPS) is 11.5. The highest BCUT2D eigenvalue weighted by Gasteiger charge is 2.19. The van der Waals surface area contributed by atoms with Crippen molar-refractivity contribution in [1.82, 2.24) is 4.98 Å². The van der Waals surface area contributed by atoms with E-state index in [4.69, 9.17) is 32.7 Å². The molecule has 6 nitrogen and oxygen atoms in total. The van der Waals surface area contributed by atoms with Gasteiger partial charge in [0.2, 0.25) is 0 Å². The number of nitrogens with one attached hydrogen (secondary N) is 1. The average Bonchev–Trinajstić information content (AvgIpc) is 2.57. The highest BCUT2D eigenvalue weighted by Crippen LogP contribution is 2.25. The number of rotatable bonds is 6. The van der Waals surface area contributed by atoms with Crippen molar-refractivity contribution in [3.63, 3.8) is 0 Å². The van der Waals surface area contributed by atoms with Gasteiger partial charge in [0.1, 0.15) is 5.75 Å². The summed E-state index contributed by atoms with van der Waals surface area (Å²) in [5.74, 6) is -0.854. The highest BCUT2D eigenvalue weighted by molar-refractivity contribution is 6.32. The predicted molar refractivity (Wildman–Crippen MR) is 95.1 cm³/mol. The minimum absolute atomic E-state index is 0.145. The van der Waals surface area contributed by atoms with E-state index in [2.05, 4.69) is 10.3 Å². The number of amides is 1. The molecule has 0 saturated carbocycles. The first-order valence-electron chi connectivity index (χ1n) is 7.36. The molecular formula is C17H16Cl2N2O4. The Hall–Kier alpha value is -2.31. The summed E-state index contributed by atoms with van der Waals surface area (Å²) in [5, 5.41) is 3.06. The first kappa shape index (κ1) is 19.0. The lowest BCUT2D eigenvalue weighted by molar-refractivity contribution is -0.155. The van der Waals surface area contributed by atoms with Crippen molar-refractivity contribution in [3.8, 4) is 5.75 Å². The number of hydrogen-bond donors (Lipinski definition) is 1. The predicted octanol–water partition coefficient (Wildman–Crippen LogP) is 3.65. The van der Waals surface area contributed by atoms with Crippen molar-refractivity contribution >= 4 is 40.8 Å². The number of aromatic nitrogens is 1. The number of ether oxygens (including phenoxy) is 2. The van der Waals surface area contributed by atoms with Crippen LogP contribution in [0.4, 0.5) is 5.69 Å². The fourth-order valence-corrected chi connectivity index (χ4v) is 2.19. The summed E-state index contributed by atoms with van der Waals surface area (Å²) in [4.78, 5) is 27.7. The Balaban J connectivity index is 1.86. The summed E-state index contributed by atoms with van der Waals surface area (Å²) >= 11 is 11.8. The smallest absolute Gasteiger partial charge is 0.344 e. The molecule has 8 heteroatoms. The van der Waals surface area contributed by atoms with Crippen molar-refractivity contribution in [2.75, 3.05) is 11.9 Å². The molecule has 1 N–H and O–H groups in total. The van der Waals surface area contributed by atoms with Crippen molar-refractivity contribution in [2.24, 2.45) is 0 Å². The van der Waals surface area contributed by atoms with E-state index in [1.54, 1.807) is 24.3 Å². The maximum absolute atomic E-state index is 12.0. The second kappa shape index (κ2) is 8.69. The molecule has 25 heavy (non-hydrogen) atoms. The number of carbonyl (C=O) groups excluding carboxylic acids is 2. The highest BCUT2D eigenvalue weighted by atomic mass is 35.5. The molecule has 0 aliphatic rings. The van der Waals surface area contributed by atoms with Gasteiger partial charge in [-0.05, 0) is 43.7 Å². The molecule has 0 aliphatic carbocycles. The van der Waals surface area contributed by atoms with Crippen molar-refractivity contribution in [3.05, 3.63) is 52.3 Å². The Kier molecular flexibility index (Phi) is 6.61. The van der Waals surface area contributed by atoms with Crippen molar-refractivity contribution < 1.29 is 19.1 Å². The summed E-state index contributed by atoms with van der Waals surface area (Å²) in [6.45, 7) is 2.95. The van der Waals surface area contributed by atoms with E-state index in [9.17, 15) is 9.59 Å². The minimum atomic E-state index is -1.03. The van der Waals surface area contributed by atoms with Gasteiger partial charge in [-0.1, -0.05) is 29.3 Å². The monoisotopic (exact) mass is 382 g/mol. The van der Waals surface area contributed by atoms with Crippen LogP contribution >= 0.6 is 23.2 Å². The number of aryl methyl sites for hydroxylation is 1. The largest absolute Gasteiger partial charge is 0.480 e. The Morgan fingerprint density at radius 2 is 2.04 bits per heavy atom. The van der Waals surface area contributed by atoms with Crippen LogP contribution in [0.15, 0.2) is 36.5 Å². The molecule has 0 fully saturated rings. The quantitative estimate of drug-likeness (QED) is 0.609. The Morgan fingerprint density at radius 1 is 1.28 bits per heavy atom. The molecule has 0 radical (unpaired) electrons. The van der Waals surface area contributed by atoms with E-state index in [0.29, 0.717) is 16.5 Å². The Labute approximate surface area is 155 Å². The number of nitrogens with zero attached hydrogens (tertiary/aromatic N) is 1. The fourth-order valence-electron chi connectivity index (χ4n) is 1.86. The summed E-state index contributed by atoms with van der Waals surface area (Å²) in [7, 11) is 0. The Morgan fingerprint density at radius 3 is 2.76 bits per heavy atom. The molecule has 0 unspecified atom stereocenters.